The lowest BCUT2D eigenvalue weighted by Gasteiger charge is -2.27. The molecule has 0 heterocycles. The average Bonchev–Trinajstić information content (AvgIpc) is 2.67. The summed E-state index contributed by atoms with van der Waals surface area (Å²) >= 11 is 0. The molecule has 0 aliphatic heterocycles. The van der Waals surface area contributed by atoms with Gasteiger partial charge in [0.1, 0.15) is 5.54 Å². The minimum atomic E-state index is -1.39. The van der Waals surface area contributed by atoms with Crippen molar-refractivity contribution in [1.82, 2.24) is 5.43 Å². The van der Waals surface area contributed by atoms with Crippen molar-refractivity contribution in [3.05, 3.63) is 23.8 Å². The van der Waals surface area contributed by atoms with E-state index in [1.54, 1.807) is 47.6 Å². The first-order chi connectivity index (χ1) is 15.0. The molecule has 0 radical (unpaired) electrons. The third-order valence-electron chi connectivity index (χ3n) is 4.42. The zero-order chi connectivity index (χ0) is 25.6. The van der Waals surface area contributed by atoms with E-state index in [4.69, 9.17) is 20.1 Å². The van der Waals surface area contributed by atoms with Crippen molar-refractivity contribution in [1.29, 1.82) is 0 Å². The summed E-state index contributed by atoms with van der Waals surface area (Å²) in [5.41, 5.74) is -0.0419. The van der Waals surface area contributed by atoms with Gasteiger partial charge in [0.2, 0.25) is 6.79 Å². The molecule has 0 aromatic heterocycles. The summed E-state index contributed by atoms with van der Waals surface area (Å²) in [6, 6.07) is 4.57. The molecule has 0 aliphatic carbocycles. The van der Waals surface area contributed by atoms with Crippen LogP contribution in [-0.2, 0) is 35.1 Å². The van der Waals surface area contributed by atoms with Crippen LogP contribution in [0.3, 0.4) is 0 Å². The van der Waals surface area contributed by atoms with Gasteiger partial charge in [0.25, 0.3) is 0 Å². The Bertz CT molecular complexity index is 899. The Hall–Kier alpha value is -2.98. The van der Waals surface area contributed by atoms with Gasteiger partial charge < -0.3 is 18.9 Å². The number of ether oxygens (including phenoxy) is 4. The average molecular weight is 467 g/mol. The van der Waals surface area contributed by atoms with E-state index in [9.17, 15) is 19.2 Å². The number of rotatable bonds is 8. The highest BCUT2D eigenvalue weighted by Crippen LogP contribution is 2.33. The van der Waals surface area contributed by atoms with E-state index in [0.717, 1.165) is 0 Å². The van der Waals surface area contributed by atoms with E-state index in [0.29, 0.717) is 5.56 Å². The fourth-order valence-corrected chi connectivity index (χ4v) is 2.25. The van der Waals surface area contributed by atoms with Gasteiger partial charge >= 0.3 is 23.9 Å². The fourth-order valence-electron chi connectivity index (χ4n) is 2.25. The zero-order valence-electron chi connectivity index (χ0n) is 20.5. The van der Waals surface area contributed by atoms with E-state index in [-0.39, 0.29) is 17.9 Å². The number of hydrazine groups is 1. The molecular weight excluding hydrogens is 432 g/mol. The molecule has 1 rings (SSSR count). The van der Waals surface area contributed by atoms with Gasteiger partial charge in [-0.2, -0.15) is 0 Å². The van der Waals surface area contributed by atoms with Gasteiger partial charge in [-0.15, -0.1) is 0 Å². The summed E-state index contributed by atoms with van der Waals surface area (Å²) in [6.45, 7) is 12.3. The maximum atomic E-state index is 12.5. The van der Waals surface area contributed by atoms with Gasteiger partial charge in [0.05, 0.1) is 10.8 Å². The highest BCUT2D eigenvalue weighted by atomic mass is 16.7. The van der Waals surface area contributed by atoms with E-state index >= 15 is 0 Å². The summed E-state index contributed by atoms with van der Waals surface area (Å²) in [6.07, 6.45) is 0.0238. The first-order valence-corrected chi connectivity index (χ1v) is 10.4. The summed E-state index contributed by atoms with van der Waals surface area (Å²) in [7, 11) is 0. The van der Waals surface area contributed by atoms with Crippen LogP contribution in [0.25, 0.3) is 0 Å². The number of carbonyl (C=O) groups excluding carboxylic acids is 4. The van der Waals surface area contributed by atoms with Gasteiger partial charge in [-0.1, -0.05) is 6.07 Å². The van der Waals surface area contributed by atoms with E-state index in [2.05, 4.69) is 10.2 Å². The van der Waals surface area contributed by atoms with Gasteiger partial charge in [-0.3, -0.25) is 20.2 Å². The van der Waals surface area contributed by atoms with Crippen LogP contribution in [-0.4, -0.2) is 36.2 Å². The SMILES string of the molecule is CC(=O)OCOC(=O)C(C)(Cc1ccc(OC(=O)C(C)(C)C)c(OC(=O)C(C)(C)C)c1)NN. The monoisotopic (exact) mass is 466 g/mol. The molecule has 0 aliphatic rings. The van der Waals surface area contributed by atoms with Crippen LogP contribution in [0.15, 0.2) is 18.2 Å². The number of benzene rings is 1. The zero-order valence-corrected chi connectivity index (χ0v) is 20.5. The minimum absolute atomic E-state index is 0.0238. The standard InChI is InChI=1S/C23H34N2O8/c1-14(26)30-13-31-20(29)23(8,25-24)12-15-9-10-16(32-18(27)21(2,3)4)17(11-15)33-19(28)22(5,6)7/h9-11,25H,12-13,24H2,1-8H3. The fraction of sp³-hybridized carbons (Fsp3) is 0.565. The molecular formula is C23H34N2O8. The second kappa shape index (κ2) is 10.8. The molecule has 1 aromatic rings. The minimum Gasteiger partial charge on any atom is -0.428 e. The second-order valence-electron chi connectivity index (χ2n) is 9.90. The molecule has 10 heteroatoms. The molecule has 184 valence electrons. The number of carbonyl (C=O) groups is 4. The predicted molar refractivity (Wildman–Crippen MR) is 119 cm³/mol. The molecule has 1 unspecified atom stereocenters. The first kappa shape index (κ1) is 28.1. The predicted octanol–water partition coefficient (Wildman–Crippen LogP) is 2.42. The molecule has 3 N–H and O–H groups in total. The lowest BCUT2D eigenvalue weighted by Crippen LogP contribution is -2.55. The summed E-state index contributed by atoms with van der Waals surface area (Å²) in [5, 5.41) is 0. The highest BCUT2D eigenvalue weighted by Gasteiger charge is 2.35. The van der Waals surface area contributed by atoms with Gasteiger partial charge in [-0.25, -0.2) is 10.2 Å². The maximum Gasteiger partial charge on any atom is 0.330 e. The van der Waals surface area contributed by atoms with Crippen molar-refractivity contribution in [3.63, 3.8) is 0 Å². The van der Waals surface area contributed by atoms with Crippen LogP contribution in [0.2, 0.25) is 0 Å². The van der Waals surface area contributed by atoms with Crippen molar-refractivity contribution < 1.29 is 38.1 Å². The Balaban J connectivity index is 3.24. The third kappa shape index (κ3) is 8.47. The highest BCUT2D eigenvalue weighted by molar-refractivity contribution is 5.82. The Morgan fingerprint density at radius 2 is 1.33 bits per heavy atom. The number of nitrogens with two attached hydrogens (primary N) is 1. The van der Waals surface area contributed by atoms with Crippen LogP contribution in [0.1, 0.15) is 61.0 Å². The number of hydrogen-bond acceptors (Lipinski definition) is 10. The molecule has 0 fully saturated rings. The molecule has 10 nitrogen and oxygen atoms in total. The lowest BCUT2D eigenvalue weighted by molar-refractivity contribution is -0.170. The van der Waals surface area contributed by atoms with Gasteiger partial charge in [-0.05, 0) is 66.2 Å². The first-order valence-electron chi connectivity index (χ1n) is 10.4. The Morgan fingerprint density at radius 1 is 0.818 bits per heavy atom. The molecule has 0 bridgehead atoms. The molecule has 0 amide bonds. The Morgan fingerprint density at radius 3 is 1.79 bits per heavy atom. The quantitative estimate of drug-likeness (QED) is 0.193. The Labute approximate surface area is 194 Å². The smallest absolute Gasteiger partial charge is 0.330 e. The largest absolute Gasteiger partial charge is 0.428 e. The molecule has 0 saturated heterocycles. The van der Waals surface area contributed by atoms with Crippen LogP contribution >= 0.6 is 0 Å². The van der Waals surface area contributed by atoms with E-state index < -0.39 is 47.0 Å². The van der Waals surface area contributed by atoms with Crippen molar-refractivity contribution >= 4 is 23.9 Å². The summed E-state index contributed by atoms with van der Waals surface area (Å²) < 4.78 is 20.6. The molecule has 0 spiro atoms. The Kier molecular flexibility index (Phi) is 9.15. The lowest BCUT2D eigenvalue weighted by atomic mass is 9.93. The molecule has 0 saturated carbocycles. The van der Waals surface area contributed by atoms with Crippen LogP contribution < -0.4 is 20.7 Å². The summed E-state index contributed by atoms with van der Waals surface area (Å²) in [5.74, 6) is 3.28. The van der Waals surface area contributed by atoms with Crippen LogP contribution in [0.5, 0.6) is 11.5 Å². The number of hydrogen-bond donors (Lipinski definition) is 2. The topological polar surface area (TPSA) is 143 Å². The maximum absolute atomic E-state index is 12.5. The van der Waals surface area contributed by atoms with Crippen LogP contribution in [0.4, 0.5) is 0 Å². The molecule has 1 atom stereocenters. The van der Waals surface area contributed by atoms with Crippen molar-refractivity contribution in [2.75, 3.05) is 6.79 Å². The molecule has 33 heavy (non-hydrogen) atoms. The van der Waals surface area contributed by atoms with Gasteiger partial charge in [0.15, 0.2) is 11.5 Å². The normalized spacial score (nSPS) is 13.5. The van der Waals surface area contributed by atoms with Crippen LogP contribution in [0, 0.1) is 10.8 Å². The van der Waals surface area contributed by atoms with Crippen molar-refractivity contribution in [2.24, 2.45) is 16.7 Å². The van der Waals surface area contributed by atoms with Gasteiger partial charge in [0, 0.05) is 13.3 Å². The number of nitrogens with one attached hydrogen (secondary N) is 1. The van der Waals surface area contributed by atoms with Crippen molar-refractivity contribution in [3.8, 4) is 11.5 Å². The summed E-state index contributed by atoms with van der Waals surface area (Å²) in [4.78, 5) is 48.2. The second-order valence-corrected chi connectivity index (χ2v) is 9.90. The third-order valence-corrected chi connectivity index (χ3v) is 4.42. The van der Waals surface area contributed by atoms with E-state index in [1.807, 2.05) is 0 Å². The number of esters is 4. The van der Waals surface area contributed by atoms with Crippen molar-refractivity contribution in [2.45, 2.75) is 67.3 Å². The molecule has 1 aromatic carbocycles. The van der Waals surface area contributed by atoms with E-state index in [1.165, 1.54) is 26.0 Å².